The summed E-state index contributed by atoms with van der Waals surface area (Å²) in [4.78, 5) is -2.01. The van der Waals surface area contributed by atoms with Crippen LogP contribution in [0.15, 0.2) is 46.2 Å². The number of benzene rings is 2. The van der Waals surface area contributed by atoms with E-state index < -0.39 is 30.0 Å². The molecule has 0 saturated carbocycles. The fourth-order valence-electron chi connectivity index (χ4n) is 1.68. The highest BCUT2D eigenvalue weighted by molar-refractivity contribution is 7.89. The molecular weight excluding hydrogens is 280 g/mol. The molecule has 0 aliphatic carbocycles. The van der Waals surface area contributed by atoms with Gasteiger partial charge in [-0.1, -0.05) is 30.3 Å². The molecule has 0 aliphatic heterocycles. The summed E-state index contributed by atoms with van der Waals surface area (Å²) in [7, 11) is -10.1. The summed E-state index contributed by atoms with van der Waals surface area (Å²) in [5, 5.41) is 0.281. The van der Waals surface area contributed by atoms with Gasteiger partial charge in [-0.25, -0.2) is 16.8 Å². The second kappa shape index (κ2) is 4.02. The van der Waals surface area contributed by atoms with Crippen molar-refractivity contribution in [3.63, 3.8) is 0 Å². The third kappa shape index (κ3) is 2.23. The summed E-state index contributed by atoms with van der Waals surface area (Å²) in [6.07, 6.45) is 0. The molecule has 18 heavy (non-hydrogen) atoms. The Kier molecular flexibility index (Phi) is 2.90. The zero-order chi connectivity index (χ0) is 13.6. The van der Waals surface area contributed by atoms with E-state index in [9.17, 15) is 25.9 Å². The summed E-state index contributed by atoms with van der Waals surface area (Å²) < 4.78 is 66.4. The Morgan fingerprint density at radius 3 is 1.94 bits per heavy atom. The lowest BCUT2D eigenvalue weighted by molar-refractivity contribution is 0.448. The third-order valence-corrected chi connectivity index (χ3v) is 4.31. The van der Waals surface area contributed by atoms with Gasteiger partial charge in [0.1, 0.15) is 20.2 Å². The van der Waals surface area contributed by atoms with Gasteiger partial charge in [0.25, 0.3) is 0 Å². The predicted octanol–water partition coefficient (Wildman–Crippen LogP) is 0.648. The molecule has 0 N–H and O–H groups in total. The van der Waals surface area contributed by atoms with Crippen molar-refractivity contribution in [3.8, 4) is 0 Å². The molecule has 0 amide bonds. The Hall–Kier alpha value is -1.48. The first-order chi connectivity index (χ1) is 8.21. The van der Waals surface area contributed by atoms with Crippen LogP contribution < -0.4 is 0 Å². The molecule has 96 valence electrons. The van der Waals surface area contributed by atoms with Gasteiger partial charge in [-0.2, -0.15) is 0 Å². The maximum Gasteiger partial charge on any atom is 0.126 e. The first-order valence-electron chi connectivity index (χ1n) is 4.65. The molecule has 8 heteroatoms. The number of rotatable bonds is 2. The summed E-state index contributed by atoms with van der Waals surface area (Å²) in [6.45, 7) is 0. The van der Waals surface area contributed by atoms with Crippen molar-refractivity contribution in [1.82, 2.24) is 0 Å². The normalized spacial score (nSPS) is 12.8. The van der Waals surface area contributed by atoms with Crippen molar-refractivity contribution in [2.45, 2.75) is 9.79 Å². The van der Waals surface area contributed by atoms with Crippen molar-refractivity contribution >= 4 is 31.0 Å². The zero-order valence-electron chi connectivity index (χ0n) is 8.73. The topological polar surface area (TPSA) is 114 Å². The van der Waals surface area contributed by atoms with Gasteiger partial charge in [0, 0.05) is 5.39 Å². The maximum absolute atomic E-state index is 11.2. The van der Waals surface area contributed by atoms with Crippen molar-refractivity contribution < 1.29 is 25.9 Å². The average molecular weight is 286 g/mol. The fourth-order valence-corrected chi connectivity index (χ4v) is 3.63. The first kappa shape index (κ1) is 13.0. The van der Waals surface area contributed by atoms with Gasteiger partial charge in [-0.3, -0.25) is 0 Å². The van der Waals surface area contributed by atoms with Crippen molar-refractivity contribution in [1.29, 1.82) is 0 Å². The van der Waals surface area contributed by atoms with Gasteiger partial charge in [-0.15, -0.1) is 0 Å². The highest BCUT2D eigenvalue weighted by Gasteiger charge is 2.17. The van der Waals surface area contributed by atoms with Crippen molar-refractivity contribution in [2.24, 2.45) is 0 Å². The highest BCUT2D eigenvalue weighted by Crippen LogP contribution is 2.29. The fraction of sp³-hybridized carbons (Fsp3) is 0. The molecule has 0 bridgehead atoms. The van der Waals surface area contributed by atoms with E-state index in [0.29, 0.717) is 5.39 Å². The van der Waals surface area contributed by atoms with Gasteiger partial charge < -0.3 is 9.11 Å². The van der Waals surface area contributed by atoms with E-state index in [1.807, 2.05) is 0 Å². The minimum atomic E-state index is -5.07. The van der Waals surface area contributed by atoms with Gasteiger partial charge in [0.05, 0.1) is 9.79 Å². The highest BCUT2D eigenvalue weighted by atomic mass is 32.2. The van der Waals surface area contributed by atoms with E-state index in [-0.39, 0.29) is 5.39 Å². The predicted molar refractivity (Wildman–Crippen MR) is 59.9 cm³/mol. The Bertz CT molecular complexity index is 821. The minimum absolute atomic E-state index is 0.0792. The summed E-state index contributed by atoms with van der Waals surface area (Å²) in [6, 6.07) is 7.91. The van der Waals surface area contributed by atoms with Crippen LogP contribution in [-0.2, 0) is 20.2 Å². The maximum atomic E-state index is 11.2. The third-order valence-electron chi connectivity index (χ3n) is 2.36. The van der Waals surface area contributed by atoms with Gasteiger partial charge in [0.2, 0.25) is 0 Å². The molecule has 0 heterocycles. The standard InChI is InChI=1S/C10H8O6S2/c11-17(12,13)9-6-5-7-3-1-2-4-8(7)10(9)18(14,15)16/h1-6H,(H,11,12,13)(H,14,15,16)/p-2. The molecule has 0 saturated heterocycles. The van der Waals surface area contributed by atoms with Crippen LogP contribution >= 0.6 is 0 Å². The minimum Gasteiger partial charge on any atom is -0.744 e. The lowest BCUT2D eigenvalue weighted by atomic mass is 10.1. The first-order valence-corrected chi connectivity index (χ1v) is 7.46. The zero-order valence-corrected chi connectivity index (χ0v) is 10.4. The SMILES string of the molecule is O=S(=O)([O-])c1ccc2ccccc2c1S(=O)(=O)[O-]. The Labute approximate surface area is 103 Å². The van der Waals surface area contributed by atoms with Crippen LogP contribution in [0.25, 0.3) is 10.8 Å². The molecule has 0 aromatic heterocycles. The van der Waals surface area contributed by atoms with E-state index in [1.54, 1.807) is 6.07 Å². The smallest absolute Gasteiger partial charge is 0.126 e. The summed E-state index contributed by atoms with van der Waals surface area (Å²) in [5.74, 6) is 0. The van der Waals surface area contributed by atoms with E-state index in [1.165, 1.54) is 24.3 Å². The quantitative estimate of drug-likeness (QED) is 0.748. The molecular formula is C10H6O6S2-2. The summed E-state index contributed by atoms with van der Waals surface area (Å²) in [5.41, 5.74) is 0. The molecule has 0 radical (unpaired) electrons. The average Bonchev–Trinajstić information content (AvgIpc) is 2.24. The Morgan fingerprint density at radius 2 is 1.39 bits per heavy atom. The lowest BCUT2D eigenvalue weighted by Gasteiger charge is -2.17. The van der Waals surface area contributed by atoms with Crippen LogP contribution in [0.1, 0.15) is 0 Å². The van der Waals surface area contributed by atoms with Crippen LogP contribution in [0.5, 0.6) is 0 Å². The van der Waals surface area contributed by atoms with Crippen LogP contribution in [0.3, 0.4) is 0 Å². The number of hydrogen-bond donors (Lipinski definition) is 0. The van der Waals surface area contributed by atoms with E-state index >= 15 is 0 Å². The number of fused-ring (bicyclic) bond motifs is 1. The molecule has 2 aromatic carbocycles. The molecule has 0 atom stereocenters. The Morgan fingerprint density at radius 1 is 0.778 bits per heavy atom. The van der Waals surface area contributed by atoms with Crippen LogP contribution in [0.4, 0.5) is 0 Å². The van der Waals surface area contributed by atoms with Gasteiger partial charge in [-0.05, 0) is 11.5 Å². The molecule has 0 spiro atoms. The molecule has 0 aliphatic rings. The van der Waals surface area contributed by atoms with E-state index in [0.717, 1.165) is 6.07 Å². The summed E-state index contributed by atoms with van der Waals surface area (Å²) >= 11 is 0. The van der Waals surface area contributed by atoms with E-state index in [2.05, 4.69) is 0 Å². The molecule has 2 rings (SSSR count). The van der Waals surface area contributed by atoms with Crippen LogP contribution in [-0.4, -0.2) is 25.9 Å². The van der Waals surface area contributed by atoms with Crippen molar-refractivity contribution in [2.75, 3.05) is 0 Å². The largest absolute Gasteiger partial charge is 0.744 e. The van der Waals surface area contributed by atoms with Gasteiger partial charge >= 0.3 is 0 Å². The molecule has 0 unspecified atom stereocenters. The second-order valence-electron chi connectivity index (χ2n) is 3.52. The van der Waals surface area contributed by atoms with Gasteiger partial charge in [0.15, 0.2) is 0 Å². The van der Waals surface area contributed by atoms with Crippen molar-refractivity contribution in [3.05, 3.63) is 36.4 Å². The monoisotopic (exact) mass is 286 g/mol. The van der Waals surface area contributed by atoms with Crippen LogP contribution in [0, 0.1) is 0 Å². The van der Waals surface area contributed by atoms with E-state index in [4.69, 9.17) is 0 Å². The lowest BCUT2D eigenvalue weighted by Crippen LogP contribution is -2.09. The molecule has 0 fully saturated rings. The second-order valence-corrected chi connectivity index (χ2v) is 6.19. The van der Waals surface area contributed by atoms with Crippen LogP contribution in [0.2, 0.25) is 0 Å². The Balaban J connectivity index is 3.08. The number of hydrogen-bond acceptors (Lipinski definition) is 6. The molecule has 6 nitrogen and oxygen atoms in total. The molecule has 2 aromatic rings.